The normalized spacial score (nSPS) is 14.6. The van der Waals surface area contributed by atoms with Crippen molar-refractivity contribution in [1.82, 2.24) is 25.9 Å². The minimum absolute atomic E-state index is 0. The van der Waals surface area contributed by atoms with Gasteiger partial charge in [0, 0.05) is 31.9 Å². The molecule has 0 aliphatic carbocycles. The molecule has 1 aromatic heterocycles. The minimum atomic E-state index is -0.281. The molecule has 2 heterocycles. The van der Waals surface area contributed by atoms with Gasteiger partial charge in [-0.2, -0.15) is 0 Å². The summed E-state index contributed by atoms with van der Waals surface area (Å²) in [5.41, 5.74) is 0.278. The first-order valence-corrected chi connectivity index (χ1v) is 7.77. The zero-order valence-electron chi connectivity index (χ0n) is 13.1. The van der Waals surface area contributed by atoms with Crippen molar-refractivity contribution in [2.24, 2.45) is 5.92 Å². The van der Waals surface area contributed by atoms with Crippen molar-refractivity contribution in [1.29, 1.82) is 0 Å². The Bertz CT molecular complexity index is 480. The van der Waals surface area contributed by atoms with Crippen LogP contribution < -0.4 is 16.0 Å². The molecule has 1 fully saturated rings. The van der Waals surface area contributed by atoms with E-state index in [1.165, 1.54) is 18.6 Å². The molecule has 0 bridgehead atoms. The van der Waals surface area contributed by atoms with Crippen LogP contribution in [-0.4, -0.2) is 48.0 Å². The fourth-order valence-corrected chi connectivity index (χ4v) is 2.48. The lowest BCUT2D eigenvalue weighted by atomic mass is 9.93. The Morgan fingerprint density at radius 1 is 1.17 bits per heavy atom. The first kappa shape index (κ1) is 19.3. The minimum Gasteiger partial charge on any atom is -0.354 e. The zero-order valence-corrected chi connectivity index (χ0v) is 13.9. The van der Waals surface area contributed by atoms with E-state index in [-0.39, 0.29) is 29.9 Å². The van der Waals surface area contributed by atoms with Gasteiger partial charge in [-0.25, -0.2) is 4.98 Å². The first-order chi connectivity index (χ1) is 10.8. The zero-order chi connectivity index (χ0) is 15.6. The lowest BCUT2D eigenvalue weighted by Gasteiger charge is -2.22. The van der Waals surface area contributed by atoms with Crippen LogP contribution in [0.15, 0.2) is 18.6 Å². The average molecular weight is 342 g/mol. The molecule has 0 spiro atoms. The van der Waals surface area contributed by atoms with Gasteiger partial charge in [-0.15, -0.1) is 12.4 Å². The highest BCUT2D eigenvalue weighted by molar-refractivity contribution is 5.91. The molecule has 0 radical (unpaired) electrons. The van der Waals surface area contributed by atoms with Crippen LogP contribution in [0.3, 0.4) is 0 Å². The summed E-state index contributed by atoms with van der Waals surface area (Å²) in [6.45, 7) is 2.92. The highest BCUT2D eigenvalue weighted by atomic mass is 35.5. The Morgan fingerprint density at radius 2 is 1.91 bits per heavy atom. The third-order valence-electron chi connectivity index (χ3n) is 3.77. The molecule has 0 unspecified atom stereocenters. The molecule has 7 nitrogen and oxygen atoms in total. The van der Waals surface area contributed by atoms with Crippen LogP contribution in [0, 0.1) is 5.92 Å². The van der Waals surface area contributed by atoms with Crippen molar-refractivity contribution in [2.75, 3.05) is 26.2 Å². The maximum atomic E-state index is 11.7. The maximum Gasteiger partial charge on any atom is 0.271 e. The molecule has 2 rings (SSSR count). The van der Waals surface area contributed by atoms with Gasteiger partial charge in [0.2, 0.25) is 5.91 Å². The Morgan fingerprint density at radius 3 is 2.61 bits per heavy atom. The molecule has 8 heteroatoms. The van der Waals surface area contributed by atoms with E-state index < -0.39 is 0 Å². The largest absolute Gasteiger partial charge is 0.354 e. The highest BCUT2D eigenvalue weighted by Gasteiger charge is 2.14. The summed E-state index contributed by atoms with van der Waals surface area (Å²) in [7, 11) is 0. The molecular weight excluding hydrogens is 318 g/mol. The van der Waals surface area contributed by atoms with E-state index in [1.54, 1.807) is 0 Å². The molecule has 3 N–H and O–H groups in total. The van der Waals surface area contributed by atoms with Gasteiger partial charge in [-0.1, -0.05) is 0 Å². The Labute approximate surface area is 142 Å². The topological polar surface area (TPSA) is 96.0 Å². The Kier molecular flexibility index (Phi) is 9.16. The first-order valence-electron chi connectivity index (χ1n) is 7.77. The van der Waals surface area contributed by atoms with Gasteiger partial charge in [0.1, 0.15) is 5.69 Å². The van der Waals surface area contributed by atoms with Crippen LogP contribution in [0.2, 0.25) is 0 Å². The molecule has 2 amide bonds. The quantitative estimate of drug-likeness (QED) is 0.628. The molecule has 1 saturated heterocycles. The van der Waals surface area contributed by atoms with Gasteiger partial charge in [-0.3, -0.25) is 14.6 Å². The van der Waals surface area contributed by atoms with Gasteiger partial charge in [0.05, 0.1) is 6.20 Å². The molecule has 1 aliphatic rings. The summed E-state index contributed by atoms with van der Waals surface area (Å²) >= 11 is 0. The second-order valence-corrected chi connectivity index (χ2v) is 5.43. The van der Waals surface area contributed by atoms with Crippen molar-refractivity contribution in [2.45, 2.75) is 25.7 Å². The van der Waals surface area contributed by atoms with Gasteiger partial charge >= 0.3 is 0 Å². The fourth-order valence-electron chi connectivity index (χ4n) is 2.48. The number of amides is 2. The van der Waals surface area contributed by atoms with Gasteiger partial charge < -0.3 is 16.0 Å². The summed E-state index contributed by atoms with van der Waals surface area (Å²) < 4.78 is 0. The molecule has 1 aliphatic heterocycles. The maximum absolute atomic E-state index is 11.7. The molecular formula is C15H24ClN5O2. The van der Waals surface area contributed by atoms with E-state index in [0.717, 1.165) is 32.4 Å². The molecule has 1 aromatic rings. The number of aromatic nitrogens is 2. The number of carbonyl (C=O) groups excluding carboxylic acids is 2. The number of nitrogens with zero attached hydrogens (tertiary/aromatic N) is 2. The summed E-state index contributed by atoms with van der Waals surface area (Å²) in [4.78, 5) is 31.2. The summed E-state index contributed by atoms with van der Waals surface area (Å²) in [6.07, 6.45) is 8.20. The van der Waals surface area contributed by atoms with Gasteiger partial charge in [-0.05, 0) is 38.3 Å². The van der Waals surface area contributed by atoms with Crippen molar-refractivity contribution < 1.29 is 9.59 Å². The summed E-state index contributed by atoms with van der Waals surface area (Å²) in [6, 6.07) is 0. The van der Waals surface area contributed by atoms with Crippen molar-refractivity contribution in [3.63, 3.8) is 0 Å². The number of nitrogens with one attached hydrogen (secondary N) is 3. The Balaban J connectivity index is 0.00000264. The number of piperidine rings is 1. The van der Waals surface area contributed by atoms with E-state index in [1.807, 2.05) is 0 Å². The number of hydrogen-bond acceptors (Lipinski definition) is 5. The predicted molar refractivity (Wildman–Crippen MR) is 89.5 cm³/mol. The number of rotatable bonds is 7. The van der Waals surface area contributed by atoms with E-state index in [2.05, 4.69) is 25.9 Å². The number of hydrogen-bond donors (Lipinski definition) is 3. The monoisotopic (exact) mass is 341 g/mol. The van der Waals surface area contributed by atoms with Crippen molar-refractivity contribution in [3.05, 3.63) is 24.3 Å². The van der Waals surface area contributed by atoms with Crippen LogP contribution in [-0.2, 0) is 4.79 Å². The lowest BCUT2D eigenvalue weighted by Crippen LogP contribution is -2.35. The van der Waals surface area contributed by atoms with E-state index in [9.17, 15) is 9.59 Å². The van der Waals surface area contributed by atoms with Crippen LogP contribution >= 0.6 is 12.4 Å². The molecule has 23 heavy (non-hydrogen) atoms. The van der Waals surface area contributed by atoms with Crippen molar-refractivity contribution in [3.8, 4) is 0 Å². The molecule has 0 aromatic carbocycles. The van der Waals surface area contributed by atoms with Gasteiger partial charge in [0.15, 0.2) is 0 Å². The predicted octanol–water partition coefficient (Wildman–Crippen LogP) is 0.524. The van der Waals surface area contributed by atoms with E-state index in [4.69, 9.17) is 0 Å². The number of halogens is 1. The smallest absolute Gasteiger partial charge is 0.271 e. The second-order valence-electron chi connectivity index (χ2n) is 5.43. The highest BCUT2D eigenvalue weighted by Crippen LogP contribution is 2.17. The van der Waals surface area contributed by atoms with Gasteiger partial charge in [0.25, 0.3) is 5.91 Å². The van der Waals surface area contributed by atoms with Crippen molar-refractivity contribution >= 4 is 24.2 Å². The third kappa shape index (κ3) is 7.38. The Hall–Kier alpha value is -1.73. The lowest BCUT2D eigenvalue weighted by molar-refractivity contribution is -0.121. The number of carbonyl (C=O) groups is 2. The van der Waals surface area contributed by atoms with Crippen LogP contribution in [0.1, 0.15) is 36.2 Å². The summed E-state index contributed by atoms with van der Waals surface area (Å²) in [5, 5.41) is 8.84. The SMILES string of the molecule is Cl.O=C(CCC1CCNCC1)NCCNC(=O)c1cnccn1. The van der Waals surface area contributed by atoms with E-state index >= 15 is 0 Å². The molecule has 0 saturated carbocycles. The van der Waals surface area contributed by atoms with Crippen LogP contribution in [0.5, 0.6) is 0 Å². The second kappa shape index (κ2) is 10.9. The molecule has 0 atom stereocenters. The third-order valence-corrected chi connectivity index (χ3v) is 3.77. The standard InChI is InChI=1S/C15H23N5O2.ClH/c21-14(2-1-12-3-5-16-6-4-12)19-9-10-20-15(22)13-11-17-7-8-18-13;/h7-8,11-12,16H,1-6,9-10H2,(H,19,21)(H,20,22);1H. The molecule has 128 valence electrons. The van der Waals surface area contributed by atoms with E-state index in [0.29, 0.717) is 25.4 Å². The summed E-state index contributed by atoms with van der Waals surface area (Å²) in [5.74, 6) is 0.424. The van der Waals surface area contributed by atoms with Crippen LogP contribution in [0.25, 0.3) is 0 Å². The average Bonchev–Trinajstić information content (AvgIpc) is 2.58. The van der Waals surface area contributed by atoms with Crippen LogP contribution in [0.4, 0.5) is 0 Å². The fraction of sp³-hybridized carbons (Fsp3) is 0.600.